The number of rotatable bonds is 3. The monoisotopic (exact) mass is 242 g/mol. The van der Waals surface area contributed by atoms with Crippen molar-refractivity contribution in [3.8, 4) is 5.75 Å². The Morgan fingerprint density at radius 2 is 1.83 bits per heavy atom. The van der Waals surface area contributed by atoms with E-state index in [0.717, 1.165) is 28.1 Å². The smallest absolute Gasteiger partial charge is 0.124 e. The molecule has 2 rings (SSSR count). The van der Waals surface area contributed by atoms with E-state index in [1.807, 2.05) is 44.2 Å². The van der Waals surface area contributed by atoms with Crippen LogP contribution in [0.4, 0.5) is 0 Å². The van der Waals surface area contributed by atoms with Crippen molar-refractivity contribution >= 4 is 0 Å². The maximum absolute atomic E-state index is 6.29. The van der Waals surface area contributed by atoms with Crippen LogP contribution in [0.15, 0.2) is 36.5 Å². The van der Waals surface area contributed by atoms with Gasteiger partial charge in [-0.1, -0.05) is 17.7 Å². The van der Waals surface area contributed by atoms with Crippen molar-refractivity contribution in [3.05, 3.63) is 58.9 Å². The molecular weight excluding hydrogens is 224 g/mol. The number of hydrogen-bond donors (Lipinski definition) is 1. The number of pyridine rings is 1. The lowest BCUT2D eigenvalue weighted by Gasteiger charge is -2.16. The van der Waals surface area contributed by atoms with Crippen molar-refractivity contribution in [2.75, 3.05) is 7.11 Å². The van der Waals surface area contributed by atoms with E-state index in [2.05, 4.69) is 4.98 Å². The highest BCUT2D eigenvalue weighted by molar-refractivity contribution is 5.42. The van der Waals surface area contributed by atoms with Gasteiger partial charge in [-0.15, -0.1) is 0 Å². The van der Waals surface area contributed by atoms with Gasteiger partial charge < -0.3 is 10.5 Å². The molecule has 0 fully saturated rings. The van der Waals surface area contributed by atoms with Crippen LogP contribution in [0, 0.1) is 13.8 Å². The van der Waals surface area contributed by atoms with Crippen LogP contribution in [0.3, 0.4) is 0 Å². The zero-order valence-electron chi connectivity index (χ0n) is 11.0. The average molecular weight is 242 g/mol. The van der Waals surface area contributed by atoms with Crippen LogP contribution in [0.5, 0.6) is 5.75 Å². The molecule has 1 heterocycles. The molecule has 1 aromatic heterocycles. The van der Waals surface area contributed by atoms with Gasteiger partial charge in [0.15, 0.2) is 0 Å². The quantitative estimate of drug-likeness (QED) is 0.900. The number of aromatic nitrogens is 1. The third-order valence-electron chi connectivity index (χ3n) is 2.98. The first-order valence-electron chi connectivity index (χ1n) is 5.94. The van der Waals surface area contributed by atoms with Crippen LogP contribution >= 0.6 is 0 Å². The van der Waals surface area contributed by atoms with Crippen LogP contribution < -0.4 is 10.5 Å². The van der Waals surface area contributed by atoms with Crippen molar-refractivity contribution in [2.24, 2.45) is 5.73 Å². The number of ether oxygens (including phenoxy) is 1. The Labute approximate surface area is 108 Å². The number of hydrogen-bond acceptors (Lipinski definition) is 3. The standard InChI is InChI=1S/C15H18N2O/c1-10-4-5-14(18-3)12(8-10)15(16)13-9-11(2)6-7-17-13/h4-9,15H,16H2,1-3H3. The van der Waals surface area contributed by atoms with Crippen molar-refractivity contribution in [2.45, 2.75) is 19.9 Å². The second kappa shape index (κ2) is 5.19. The molecule has 3 heteroatoms. The van der Waals surface area contributed by atoms with E-state index in [1.54, 1.807) is 13.3 Å². The molecule has 94 valence electrons. The van der Waals surface area contributed by atoms with E-state index in [-0.39, 0.29) is 6.04 Å². The van der Waals surface area contributed by atoms with Gasteiger partial charge in [-0.25, -0.2) is 0 Å². The minimum atomic E-state index is -0.264. The minimum absolute atomic E-state index is 0.264. The zero-order chi connectivity index (χ0) is 13.1. The maximum Gasteiger partial charge on any atom is 0.124 e. The van der Waals surface area contributed by atoms with E-state index < -0.39 is 0 Å². The van der Waals surface area contributed by atoms with E-state index in [9.17, 15) is 0 Å². The van der Waals surface area contributed by atoms with Gasteiger partial charge >= 0.3 is 0 Å². The van der Waals surface area contributed by atoms with Crippen molar-refractivity contribution in [3.63, 3.8) is 0 Å². The number of nitrogens with zero attached hydrogens (tertiary/aromatic N) is 1. The fourth-order valence-corrected chi connectivity index (χ4v) is 1.99. The highest BCUT2D eigenvalue weighted by atomic mass is 16.5. The maximum atomic E-state index is 6.29. The van der Waals surface area contributed by atoms with E-state index in [0.29, 0.717) is 0 Å². The summed E-state index contributed by atoms with van der Waals surface area (Å²) in [6.45, 7) is 4.07. The summed E-state index contributed by atoms with van der Waals surface area (Å²) in [5.41, 5.74) is 10.4. The van der Waals surface area contributed by atoms with Crippen molar-refractivity contribution in [1.82, 2.24) is 4.98 Å². The summed E-state index contributed by atoms with van der Waals surface area (Å²) in [6, 6.07) is 9.71. The largest absolute Gasteiger partial charge is 0.496 e. The molecule has 0 spiro atoms. The summed E-state index contributed by atoms with van der Waals surface area (Å²) in [7, 11) is 1.66. The Hall–Kier alpha value is -1.87. The van der Waals surface area contributed by atoms with E-state index in [1.165, 1.54) is 0 Å². The second-order valence-electron chi connectivity index (χ2n) is 4.48. The first kappa shape index (κ1) is 12.6. The van der Waals surface area contributed by atoms with Crippen LogP contribution in [0.25, 0.3) is 0 Å². The highest BCUT2D eigenvalue weighted by Crippen LogP contribution is 2.28. The summed E-state index contributed by atoms with van der Waals surface area (Å²) in [5.74, 6) is 0.802. The van der Waals surface area contributed by atoms with Crippen LogP contribution in [0.1, 0.15) is 28.4 Å². The topological polar surface area (TPSA) is 48.1 Å². The number of nitrogens with two attached hydrogens (primary N) is 1. The second-order valence-corrected chi connectivity index (χ2v) is 4.48. The molecular formula is C15H18N2O. The van der Waals surface area contributed by atoms with E-state index in [4.69, 9.17) is 10.5 Å². The van der Waals surface area contributed by atoms with Crippen LogP contribution in [0.2, 0.25) is 0 Å². The molecule has 18 heavy (non-hydrogen) atoms. The lowest BCUT2D eigenvalue weighted by Crippen LogP contribution is -2.15. The Balaban J connectivity index is 2.44. The average Bonchev–Trinajstić information content (AvgIpc) is 2.38. The lowest BCUT2D eigenvalue weighted by atomic mass is 10.00. The Kier molecular flexibility index (Phi) is 3.63. The van der Waals surface area contributed by atoms with Crippen molar-refractivity contribution in [1.29, 1.82) is 0 Å². The van der Waals surface area contributed by atoms with Gasteiger partial charge in [0.1, 0.15) is 5.75 Å². The fourth-order valence-electron chi connectivity index (χ4n) is 1.99. The molecule has 0 amide bonds. The van der Waals surface area contributed by atoms with E-state index >= 15 is 0 Å². The first-order valence-corrected chi connectivity index (χ1v) is 5.94. The Morgan fingerprint density at radius 3 is 2.50 bits per heavy atom. The molecule has 1 aromatic carbocycles. The SMILES string of the molecule is COc1ccc(C)cc1C(N)c1cc(C)ccn1. The Bertz CT molecular complexity index is 552. The van der Waals surface area contributed by atoms with Gasteiger partial charge in [0, 0.05) is 11.8 Å². The van der Waals surface area contributed by atoms with Crippen molar-refractivity contribution < 1.29 is 4.74 Å². The van der Waals surface area contributed by atoms with Gasteiger partial charge in [0.25, 0.3) is 0 Å². The Morgan fingerprint density at radius 1 is 1.11 bits per heavy atom. The van der Waals surface area contributed by atoms with Gasteiger partial charge in [-0.05, 0) is 37.6 Å². The van der Waals surface area contributed by atoms with Crippen LogP contribution in [-0.4, -0.2) is 12.1 Å². The summed E-state index contributed by atoms with van der Waals surface area (Å²) < 4.78 is 5.37. The molecule has 0 aliphatic carbocycles. The highest BCUT2D eigenvalue weighted by Gasteiger charge is 2.15. The molecule has 2 N–H and O–H groups in total. The first-order chi connectivity index (χ1) is 8.61. The van der Waals surface area contributed by atoms with Gasteiger partial charge in [-0.2, -0.15) is 0 Å². The number of methoxy groups -OCH3 is 1. The molecule has 0 bridgehead atoms. The zero-order valence-corrected chi connectivity index (χ0v) is 11.0. The van der Waals surface area contributed by atoms with Gasteiger partial charge in [0.2, 0.25) is 0 Å². The lowest BCUT2D eigenvalue weighted by molar-refractivity contribution is 0.407. The van der Waals surface area contributed by atoms with Gasteiger partial charge in [0.05, 0.1) is 18.8 Å². The summed E-state index contributed by atoms with van der Waals surface area (Å²) in [5, 5.41) is 0. The molecule has 0 saturated carbocycles. The molecule has 0 radical (unpaired) electrons. The number of aryl methyl sites for hydroxylation is 2. The third-order valence-corrected chi connectivity index (χ3v) is 2.98. The number of benzene rings is 1. The summed E-state index contributed by atoms with van der Waals surface area (Å²) in [6.07, 6.45) is 1.78. The predicted octanol–water partition coefficient (Wildman–Crippen LogP) is 2.76. The molecule has 1 atom stereocenters. The molecule has 3 nitrogen and oxygen atoms in total. The molecule has 0 aliphatic rings. The predicted molar refractivity (Wildman–Crippen MR) is 72.7 cm³/mol. The molecule has 0 aliphatic heterocycles. The third kappa shape index (κ3) is 2.51. The molecule has 1 unspecified atom stereocenters. The molecule has 2 aromatic rings. The minimum Gasteiger partial charge on any atom is -0.496 e. The van der Waals surface area contributed by atoms with Gasteiger partial charge in [-0.3, -0.25) is 4.98 Å². The summed E-state index contributed by atoms with van der Waals surface area (Å²) in [4.78, 5) is 4.34. The molecule has 0 saturated heterocycles. The summed E-state index contributed by atoms with van der Waals surface area (Å²) >= 11 is 0. The van der Waals surface area contributed by atoms with Crippen LogP contribution in [-0.2, 0) is 0 Å². The fraction of sp³-hybridized carbons (Fsp3) is 0.267. The normalized spacial score (nSPS) is 12.2.